The van der Waals surface area contributed by atoms with Crippen molar-refractivity contribution >= 4 is 21.6 Å². The molecule has 4 nitrogen and oxygen atoms in total. The highest BCUT2D eigenvalue weighted by Gasteiger charge is 2.44. The predicted molar refractivity (Wildman–Crippen MR) is 87.1 cm³/mol. The Morgan fingerprint density at radius 2 is 1.67 bits per heavy atom. The summed E-state index contributed by atoms with van der Waals surface area (Å²) in [6.07, 6.45) is 0.736. The molecule has 0 aliphatic heterocycles. The second-order valence-electron chi connectivity index (χ2n) is 5.88. The van der Waals surface area contributed by atoms with Crippen LogP contribution >= 0.6 is 11.8 Å². The Labute approximate surface area is 131 Å². The monoisotopic (exact) mass is 332 g/mol. The maximum absolute atomic E-state index is 12.8. The van der Waals surface area contributed by atoms with Gasteiger partial charge in [-0.25, -0.2) is 8.42 Å². The van der Waals surface area contributed by atoms with E-state index in [1.165, 1.54) is 20.8 Å². The molecule has 6 heteroatoms. The summed E-state index contributed by atoms with van der Waals surface area (Å²) in [5.41, 5.74) is -0.330. The predicted octanol–water partition coefficient (Wildman–Crippen LogP) is 2.23. The van der Waals surface area contributed by atoms with Gasteiger partial charge in [0.15, 0.2) is 9.84 Å². The van der Waals surface area contributed by atoms with Crippen molar-refractivity contribution in [3.8, 4) is 0 Å². The standard InChI is InChI=1S/C15H24O4S2/c1-10-6-8-12(9-7-10)21(18,19)14(20-5)13(11(2)16)15(3,4)17/h6-9,11,13-14,16-17H,1-5H3/t11-,13+,14?/m0/s1. The SMILES string of the molecule is CSC([C@@H]([C@H](C)O)C(C)(C)O)S(=O)(=O)c1ccc(C)cc1. The second kappa shape index (κ2) is 6.69. The quantitative estimate of drug-likeness (QED) is 0.835. The van der Waals surface area contributed by atoms with Gasteiger partial charge >= 0.3 is 0 Å². The lowest BCUT2D eigenvalue weighted by Crippen LogP contribution is -2.47. The molecule has 1 aromatic carbocycles. The molecule has 0 saturated carbocycles. The minimum Gasteiger partial charge on any atom is -0.393 e. The van der Waals surface area contributed by atoms with Crippen LogP contribution in [-0.4, -0.2) is 41.2 Å². The van der Waals surface area contributed by atoms with Gasteiger partial charge < -0.3 is 10.2 Å². The third-order valence-electron chi connectivity index (χ3n) is 3.52. The van der Waals surface area contributed by atoms with Crippen molar-refractivity contribution in [2.24, 2.45) is 5.92 Å². The third kappa shape index (κ3) is 4.22. The van der Waals surface area contributed by atoms with E-state index in [4.69, 9.17) is 0 Å². The minimum absolute atomic E-state index is 0.211. The van der Waals surface area contributed by atoms with Crippen molar-refractivity contribution in [3.05, 3.63) is 29.8 Å². The highest BCUT2D eigenvalue weighted by Crippen LogP contribution is 2.36. The number of rotatable bonds is 6. The van der Waals surface area contributed by atoms with E-state index in [0.29, 0.717) is 0 Å². The first-order chi connectivity index (χ1) is 9.51. The molecular weight excluding hydrogens is 308 g/mol. The van der Waals surface area contributed by atoms with Crippen molar-refractivity contribution < 1.29 is 18.6 Å². The largest absolute Gasteiger partial charge is 0.393 e. The number of sulfone groups is 1. The zero-order chi connectivity index (χ0) is 16.4. The fraction of sp³-hybridized carbons (Fsp3) is 0.600. The van der Waals surface area contributed by atoms with Crippen LogP contribution in [0.25, 0.3) is 0 Å². The minimum atomic E-state index is -3.65. The van der Waals surface area contributed by atoms with Gasteiger partial charge in [-0.1, -0.05) is 17.7 Å². The summed E-state index contributed by atoms with van der Waals surface area (Å²) in [6, 6.07) is 6.62. The number of benzene rings is 1. The molecule has 1 rings (SSSR count). The molecule has 2 N–H and O–H groups in total. The van der Waals surface area contributed by atoms with Gasteiger partial charge in [0, 0.05) is 5.92 Å². The van der Waals surface area contributed by atoms with Crippen LogP contribution in [0.5, 0.6) is 0 Å². The molecule has 1 aromatic rings. The molecule has 0 fully saturated rings. The molecule has 0 heterocycles. The molecule has 0 spiro atoms. The van der Waals surface area contributed by atoms with Gasteiger partial charge in [-0.05, 0) is 46.1 Å². The first-order valence-electron chi connectivity index (χ1n) is 6.75. The summed E-state index contributed by atoms with van der Waals surface area (Å²) >= 11 is 1.13. The molecule has 0 aliphatic rings. The van der Waals surface area contributed by atoms with E-state index in [1.807, 2.05) is 6.92 Å². The molecular formula is C15H24O4S2. The van der Waals surface area contributed by atoms with E-state index in [2.05, 4.69) is 0 Å². The number of aliphatic hydroxyl groups excluding tert-OH is 1. The van der Waals surface area contributed by atoms with E-state index in [0.717, 1.165) is 17.3 Å². The smallest absolute Gasteiger partial charge is 0.190 e. The normalized spacial score (nSPS) is 17.3. The van der Waals surface area contributed by atoms with Crippen molar-refractivity contribution in [3.63, 3.8) is 0 Å². The third-order valence-corrected chi connectivity index (χ3v) is 7.45. The summed E-state index contributed by atoms with van der Waals surface area (Å²) in [6.45, 7) is 6.45. The maximum Gasteiger partial charge on any atom is 0.190 e. The van der Waals surface area contributed by atoms with Crippen LogP contribution in [0.1, 0.15) is 26.3 Å². The number of thioether (sulfide) groups is 1. The van der Waals surface area contributed by atoms with Crippen molar-refractivity contribution in [2.75, 3.05) is 6.26 Å². The Bertz CT molecular complexity index is 556. The van der Waals surface area contributed by atoms with E-state index in [-0.39, 0.29) is 4.90 Å². The van der Waals surface area contributed by atoms with Crippen molar-refractivity contribution in [1.82, 2.24) is 0 Å². The van der Waals surface area contributed by atoms with Crippen molar-refractivity contribution in [1.29, 1.82) is 0 Å². The van der Waals surface area contributed by atoms with Gasteiger partial charge in [0.25, 0.3) is 0 Å². The lowest BCUT2D eigenvalue weighted by Gasteiger charge is -2.36. The lowest BCUT2D eigenvalue weighted by molar-refractivity contribution is -0.0330. The van der Waals surface area contributed by atoms with E-state index in [9.17, 15) is 18.6 Å². The Balaban J connectivity index is 3.33. The zero-order valence-electron chi connectivity index (χ0n) is 13.1. The van der Waals surface area contributed by atoms with Crippen LogP contribution in [0.2, 0.25) is 0 Å². The molecule has 0 aliphatic carbocycles. The zero-order valence-corrected chi connectivity index (χ0v) is 14.7. The highest BCUT2D eigenvalue weighted by atomic mass is 32.3. The lowest BCUT2D eigenvalue weighted by atomic mass is 9.88. The second-order valence-corrected chi connectivity index (χ2v) is 9.23. The molecule has 0 radical (unpaired) electrons. The van der Waals surface area contributed by atoms with Crippen LogP contribution in [0.3, 0.4) is 0 Å². The maximum atomic E-state index is 12.8. The Morgan fingerprint density at radius 1 is 1.19 bits per heavy atom. The van der Waals surface area contributed by atoms with Crippen LogP contribution < -0.4 is 0 Å². The van der Waals surface area contributed by atoms with E-state index >= 15 is 0 Å². The molecule has 3 atom stereocenters. The van der Waals surface area contributed by atoms with Gasteiger partial charge in [-0.15, -0.1) is 11.8 Å². The van der Waals surface area contributed by atoms with Crippen LogP contribution in [0, 0.1) is 12.8 Å². The van der Waals surface area contributed by atoms with E-state index < -0.39 is 32.0 Å². The van der Waals surface area contributed by atoms with Gasteiger partial charge in [-0.3, -0.25) is 0 Å². The summed E-state index contributed by atoms with van der Waals surface area (Å²) in [4.78, 5) is 0.211. The first-order valence-corrected chi connectivity index (χ1v) is 9.59. The average Bonchev–Trinajstić information content (AvgIpc) is 2.33. The Hall–Kier alpha value is -0.560. The number of aryl methyl sites for hydroxylation is 1. The van der Waals surface area contributed by atoms with Crippen molar-refractivity contribution in [2.45, 2.75) is 48.9 Å². The average molecular weight is 332 g/mol. The molecule has 0 saturated heterocycles. The Kier molecular flexibility index (Phi) is 5.89. The van der Waals surface area contributed by atoms with Gasteiger partial charge in [-0.2, -0.15) is 0 Å². The first kappa shape index (κ1) is 18.5. The number of aliphatic hydroxyl groups is 2. The molecule has 21 heavy (non-hydrogen) atoms. The molecule has 0 bridgehead atoms. The van der Waals surface area contributed by atoms with Gasteiger partial charge in [0.1, 0.15) is 4.58 Å². The van der Waals surface area contributed by atoms with E-state index in [1.54, 1.807) is 30.5 Å². The number of hydrogen-bond donors (Lipinski definition) is 2. The van der Waals surface area contributed by atoms with Gasteiger partial charge in [0.05, 0.1) is 16.6 Å². The molecule has 0 amide bonds. The molecule has 0 aromatic heterocycles. The number of hydrogen-bond acceptors (Lipinski definition) is 5. The summed E-state index contributed by atoms with van der Waals surface area (Å²) < 4.78 is 24.7. The van der Waals surface area contributed by atoms with Gasteiger partial charge in [0.2, 0.25) is 0 Å². The summed E-state index contributed by atoms with van der Waals surface area (Å²) in [5, 5.41) is 20.2. The summed E-state index contributed by atoms with van der Waals surface area (Å²) in [5.74, 6) is -0.793. The highest BCUT2D eigenvalue weighted by molar-refractivity contribution is 8.13. The topological polar surface area (TPSA) is 74.6 Å². The Morgan fingerprint density at radius 3 is 2.00 bits per heavy atom. The van der Waals surface area contributed by atoms with Crippen LogP contribution in [-0.2, 0) is 9.84 Å². The summed E-state index contributed by atoms with van der Waals surface area (Å²) in [7, 11) is -3.65. The van der Waals surface area contributed by atoms with Crippen LogP contribution in [0.4, 0.5) is 0 Å². The van der Waals surface area contributed by atoms with Crippen LogP contribution in [0.15, 0.2) is 29.2 Å². The molecule has 1 unspecified atom stereocenters. The fourth-order valence-electron chi connectivity index (χ4n) is 2.48. The fourth-order valence-corrected chi connectivity index (χ4v) is 6.41. The molecule has 120 valence electrons.